The minimum atomic E-state index is -0.656. The smallest absolute Gasteiger partial charge is 0.343 e. The Morgan fingerprint density at radius 2 is 1.59 bits per heavy atom. The van der Waals surface area contributed by atoms with E-state index in [-0.39, 0.29) is 18.2 Å². The third-order valence-corrected chi connectivity index (χ3v) is 6.37. The van der Waals surface area contributed by atoms with Crippen LogP contribution in [0.1, 0.15) is 44.3 Å². The number of carbonyl (C=O) groups excluding carboxylic acids is 3. The van der Waals surface area contributed by atoms with Crippen LogP contribution in [0.3, 0.4) is 0 Å². The Labute approximate surface area is 253 Å². The van der Waals surface area contributed by atoms with Crippen molar-refractivity contribution in [3.63, 3.8) is 0 Å². The molecule has 0 spiro atoms. The lowest BCUT2D eigenvalue weighted by atomic mass is 10.1. The highest BCUT2D eigenvalue weighted by Crippen LogP contribution is 2.33. The molecule has 2 amide bonds. The van der Waals surface area contributed by atoms with E-state index in [0.29, 0.717) is 46.1 Å². The standard InChI is InChI=1S/C34H29N3O7/c1-3-41-31-19-24(12-16-29(31)44-34(40)26-13-9-22(2)10-14-26)20-35-37-33(39)27(36-32(38)25-7-5-4-6-8-25)17-23-11-15-28-30(18-23)43-21-42-28/h4-20H,3,21H2,1-2H3,(H,36,38)(H,37,39). The lowest BCUT2D eigenvalue weighted by molar-refractivity contribution is -0.117. The normalized spacial score (nSPS) is 12.1. The van der Waals surface area contributed by atoms with Crippen molar-refractivity contribution in [2.45, 2.75) is 13.8 Å². The van der Waals surface area contributed by atoms with Crippen molar-refractivity contribution in [2.75, 3.05) is 13.4 Å². The molecule has 10 nitrogen and oxygen atoms in total. The maximum absolute atomic E-state index is 13.2. The average Bonchev–Trinajstić information content (AvgIpc) is 3.51. The van der Waals surface area contributed by atoms with Gasteiger partial charge in [0.1, 0.15) is 5.70 Å². The van der Waals surface area contributed by atoms with Crippen LogP contribution < -0.4 is 29.7 Å². The fraction of sp³-hybridized carbons (Fsp3) is 0.118. The summed E-state index contributed by atoms with van der Waals surface area (Å²) in [4.78, 5) is 38.7. The summed E-state index contributed by atoms with van der Waals surface area (Å²) in [5.74, 6) is 0.0695. The highest BCUT2D eigenvalue weighted by Gasteiger charge is 2.17. The zero-order chi connectivity index (χ0) is 30.9. The second kappa shape index (κ2) is 13.8. The van der Waals surface area contributed by atoms with Crippen LogP contribution in [0.2, 0.25) is 0 Å². The largest absolute Gasteiger partial charge is 0.490 e. The molecule has 222 valence electrons. The third kappa shape index (κ3) is 7.48. The molecule has 0 atom stereocenters. The van der Waals surface area contributed by atoms with E-state index in [0.717, 1.165) is 5.56 Å². The van der Waals surface area contributed by atoms with E-state index in [1.165, 1.54) is 12.3 Å². The molecule has 1 heterocycles. The Hall–Kier alpha value is -5.90. The Morgan fingerprint density at radius 3 is 2.36 bits per heavy atom. The summed E-state index contributed by atoms with van der Waals surface area (Å²) >= 11 is 0. The predicted octanol–water partition coefficient (Wildman–Crippen LogP) is 5.26. The molecule has 2 N–H and O–H groups in total. The minimum absolute atomic E-state index is 0.0387. The first kappa shape index (κ1) is 29.6. The second-order valence-electron chi connectivity index (χ2n) is 9.58. The van der Waals surface area contributed by atoms with Crippen molar-refractivity contribution in [2.24, 2.45) is 5.10 Å². The van der Waals surface area contributed by atoms with Crippen molar-refractivity contribution in [1.29, 1.82) is 0 Å². The molecule has 0 aromatic heterocycles. The van der Waals surface area contributed by atoms with Gasteiger partial charge < -0.3 is 24.3 Å². The van der Waals surface area contributed by atoms with Gasteiger partial charge in [-0.15, -0.1) is 0 Å². The summed E-state index contributed by atoms with van der Waals surface area (Å²) in [5.41, 5.74) is 5.41. The topological polar surface area (TPSA) is 125 Å². The summed E-state index contributed by atoms with van der Waals surface area (Å²) in [5, 5.41) is 6.73. The van der Waals surface area contributed by atoms with Gasteiger partial charge in [-0.1, -0.05) is 42.0 Å². The molecule has 5 rings (SSSR count). The zero-order valence-electron chi connectivity index (χ0n) is 24.0. The van der Waals surface area contributed by atoms with Crippen LogP contribution in [-0.4, -0.2) is 37.4 Å². The lowest BCUT2D eigenvalue weighted by Crippen LogP contribution is -2.32. The predicted molar refractivity (Wildman–Crippen MR) is 164 cm³/mol. The van der Waals surface area contributed by atoms with Crippen molar-refractivity contribution in [3.05, 3.63) is 125 Å². The van der Waals surface area contributed by atoms with Gasteiger partial charge in [0, 0.05) is 5.56 Å². The van der Waals surface area contributed by atoms with Crippen LogP contribution in [0.25, 0.3) is 6.08 Å². The highest BCUT2D eigenvalue weighted by molar-refractivity contribution is 6.05. The molecule has 0 saturated heterocycles. The Balaban J connectivity index is 1.31. The highest BCUT2D eigenvalue weighted by atomic mass is 16.7. The summed E-state index contributed by atoms with van der Waals surface area (Å²) < 4.78 is 22.0. The fourth-order valence-electron chi connectivity index (χ4n) is 4.14. The molecule has 0 unspecified atom stereocenters. The number of amides is 2. The van der Waals surface area contributed by atoms with E-state index in [9.17, 15) is 14.4 Å². The Morgan fingerprint density at radius 1 is 0.841 bits per heavy atom. The number of fused-ring (bicyclic) bond motifs is 1. The van der Waals surface area contributed by atoms with Gasteiger partial charge in [0.2, 0.25) is 6.79 Å². The first-order valence-corrected chi connectivity index (χ1v) is 13.8. The number of carbonyl (C=O) groups is 3. The number of hydrazone groups is 1. The molecule has 0 radical (unpaired) electrons. The molecular weight excluding hydrogens is 562 g/mol. The van der Waals surface area contributed by atoms with E-state index in [2.05, 4.69) is 15.8 Å². The minimum Gasteiger partial charge on any atom is -0.490 e. The van der Waals surface area contributed by atoms with Gasteiger partial charge in [0.15, 0.2) is 23.0 Å². The van der Waals surface area contributed by atoms with Crippen LogP contribution in [-0.2, 0) is 4.79 Å². The van der Waals surface area contributed by atoms with Crippen LogP contribution in [0.5, 0.6) is 23.0 Å². The molecule has 4 aromatic carbocycles. The maximum Gasteiger partial charge on any atom is 0.343 e. The number of hydrogen-bond acceptors (Lipinski definition) is 8. The van der Waals surface area contributed by atoms with Crippen LogP contribution in [0.4, 0.5) is 0 Å². The monoisotopic (exact) mass is 591 g/mol. The molecule has 1 aliphatic heterocycles. The Kier molecular flexibility index (Phi) is 9.31. The summed E-state index contributed by atoms with van der Waals surface area (Å²) in [6.45, 7) is 4.19. The first-order valence-electron chi connectivity index (χ1n) is 13.8. The van der Waals surface area contributed by atoms with Gasteiger partial charge in [0.25, 0.3) is 11.8 Å². The summed E-state index contributed by atoms with van der Waals surface area (Å²) in [7, 11) is 0. The lowest BCUT2D eigenvalue weighted by Gasteiger charge is -2.12. The number of nitrogens with one attached hydrogen (secondary N) is 2. The van der Waals surface area contributed by atoms with Crippen molar-refractivity contribution >= 4 is 30.1 Å². The van der Waals surface area contributed by atoms with Gasteiger partial charge in [-0.2, -0.15) is 5.10 Å². The number of benzene rings is 4. The molecule has 44 heavy (non-hydrogen) atoms. The molecule has 0 bridgehead atoms. The van der Waals surface area contributed by atoms with E-state index in [1.807, 2.05) is 26.0 Å². The molecular formula is C34H29N3O7. The SMILES string of the molecule is CCOc1cc(C=NNC(=O)C(=Cc2ccc3c(c2)OCO3)NC(=O)c2ccccc2)ccc1OC(=O)c1ccc(C)cc1. The van der Waals surface area contributed by atoms with E-state index in [4.69, 9.17) is 18.9 Å². The average molecular weight is 592 g/mol. The fourth-order valence-corrected chi connectivity index (χ4v) is 4.14. The maximum atomic E-state index is 13.2. The number of nitrogens with zero attached hydrogens (tertiary/aromatic N) is 1. The van der Waals surface area contributed by atoms with Gasteiger partial charge in [-0.3, -0.25) is 9.59 Å². The van der Waals surface area contributed by atoms with E-state index >= 15 is 0 Å². The van der Waals surface area contributed by atoms with Crippen LogP contribution in [0.15, 0.2) is 102 Å². The number of hydrogen-bond donors (Lipinski definition) is 2. The van der Waals surface area contributed by atoms with E-state index < -0.39 is 17.8 Å². The third-order valence-electron chi connectivity index (χ3n) is 6.37. The first-order chi connectivity index (χ1) is 21.4. The molecule has 1 aliphatic rings. The second-order valence-corrected chi connectivity index (χ2v) is 9.58. The quantitative estimate of drug-likeness (QED) is 0.0847. The van der Waals surface area contributed by atoms with E-state index in [1.54, 1.807) is 78.9 Å². The number of ether oxygens (including phenoxy) is 4. The number of rotatable bonds is 10. The zero-order valence-corrected chi connectivity index (χ0v) is 24.0. The van der Waals surface area contributed by atoms with Gasteiger partial charge in [0.05, 0.1) is 18.4 Å². The van der Waals surface area contributed by atoms with Crippen LogP contribution in [0, 0.1) is 6.92 Å². The molecule has 0 aliphatic carbocycles. The molecule has 10 heteroatoms. The van der Waals surface area contributed by atoms with Gasteiger partial charge >= 0.3 is 5.97 Å². The van der Waals surface area contributed by atoms with Crippen molar-refractivity contribution < 1.29 is 33.3 Å². The summed E-state index contributed by atoms with van der Waals surface area (Å²) in [6.07, 6.45) is 2.92. The molecule has 4 aromatic rings. The van der Waals surface area contributed by atoms with Crippen LogP contribution >= 0.6 is 0 Å². The summed E-state index contributed by atoms with van der Waals surface area (Å²) in [6, 6.07) is 25.6. The van der Waals surface area contributed by atoms with Crippen molar-refractivity contribution in [1.82, 2.24) is 10.7 Å². The van der Waals surface area contributed by atoms with Crippen molar-refractivity contribution in [3.8, 4) is 23.0 Å². The molecule has 0 saturated carbocycles. The van der Waals surface area contributed by atoms with Gasteiger partial charge in [-0.25, -0.2) is 10.2 Å². The number of aryl methyl sites for hydroxylation is 1. The molecule has 0 fully saturated rings. The number of esters is 1. The van der Waals surface area contributed by atoms with Gasteiger partial charge in [-0.05, 0) is 85.6 Å². The Bertz CT molecular complexity index is 1730.